The first-order valence-corrected chi connectivity index (χ1v) is 9.80. The maximum atomic E-state index is 11.8. The van der Waals surface area contributed by atoms with Crippen LogP contribution < -0.4 is 5.11 Å². The van der Waals surface area contributed by atoms with Gasteiger partial charge in [0.15, 0.2) is 0 Å². The summed E-state index contributed by atoms with van der Waals surface area (Å²) in [4.78, 5) is 12.5. The van der Waals surface area contributed by atoms with Crippen molar-refractivity contribution in [2.45, 2.75) is 6.42 Å². The lowest BCUT2D eigenvalue weighted by Crippen LogP contribution is -2.20. The third-order valence-electron chi connectivity index (χ3n) is 2.34. The van der Waals surface area contributed by atoms with Gasteiger partial charge in [0.2, 0.25) is 0 Å². The molecule has 4 nitrogen and oxygen atoms in total. The molecule has 0 unspecified atom stereocenters. The summed E-state index contributed by atoms with van der Waals surface area (Å²) in [6.07, 6.45) is 5.36. The first-order valence-electron chi connectivity index (χ1n) is 5.77. The third kappa shape index (κ3) is 5.05. The van der Waals surface area contributed by atoms with Crippen molar-refractivity contribution >= 4 is 51.9 Å². The minimum absolute atomic E-state index is 0. The molecule has 0 bridgehead atoms. The summed E-state index contributed by atoms with van der Waals surface area (Å²) in [5.41, 5.74) is 3.02. The Morgan fingerprint density at radius 3 is 2.85 bits per heavy atom. The Kier molecular flexibility index (Phi) is 7.50. The minimum atomic E-state index is -0.218. The van der Waals surface area contributed by atoms with Crippen molar-refractivity contribution in [2.24, 2.45) is 4.99 Å². The van der Waals surface area contributed by atoms with E-state index in [-0.39, 0.29) is 18.3 Å². The molecule has 8 heteroatoms. The Labute approximate surface area is 135 Å². The van der Waals surface area contributed by atoms with Crippen molar-refractivity contribution in [1.29, 1.82) is 0 Å². The van der Waals surface area contributed by atoms with Gasteiger partial charge >= 0.3 is 0 Å². The smallest absolute Gasteiger partial charge is 0.143 e. The zero-order chi connectivity index (χ0) is 13.7. The molecule has 2 heterocycles. The van der Waals surface area contributed by atoms with Gasteiger partial charge in [-0.15, -0.1) is 35.1 Å². The maximum Gasteiger partial charge on any atom is 0.143 e. The topological polar surface area (TPSA) is 61.2 Å². The first kappa shape index (κ1) is 17.4. The second kappa shape index (κ2) is 8.61. The van der Waals surface area contributed by atoms with E-state index in [0.717, 1.165) is 22.9 Å². The molecule has 0 amide bonds. The van der Waals surface area contributed by atoms with Gasteiger partial charge in [0, 0.05) is 29.6 Å². The lowest BCUT2D eigenvalue weighted by molar-refractivity contribution is -0.213. The van der Waals surface area contributed by atoms with E-state index in [1.165, 1.54) is 22.7 Å². The fraction of sp³-hybridized carbons (Fsp3) is 0.417. The van der Waals surface area contributed by atoms with Crippen LogP contribution in [0.1, 0.15) is 12.1 Å². The van der Waals surface area contributed by atoms with Crippen molar-refractivity contribution in [3.63, 3.8) is 0 Å². The van der Waals surface area contributed by atoms with Crippen LogP contribution in [0.5, 0.6) is 0 Å². The number of hydrogen-bond donors (Lipinski definition) is 0. The van der Waals surface area contributed by atoms with Crippen LogP contribution in [0.25, 0.3) is 10.7 Å². The molecular weight excluding hydrogens is 334 g/mol. The van der Waals surface area contributed by atoms with Gasteiger partial charge in [-0.2, -0.15) is 0 Å². The van der Waals surface area contributed by atoms with Crippen molar-refractivity contribution in [3.05, 3.63) is 22.0 Å². The summed E-state index contributed by atoms with van der Waals surface area (Å²) in [5.74, 6) is 0.905. The van der Waals surface area contributed by atoms with Gasteiger partial charge in [-0.25, -0.2) is 9.97 Å². The summed E-state index contributed by atoms with van der Waals surface area (Å²) in [6, 6.07) is 0. The second-order valence-corrected chi connectivity index (χ2v) is 8.10. The molecule has 0 saturated carbocycles. The molecule has 0 saturated heterocycles. The van der Waals surface area contributed by atoms with Crippen LogP contribution in [0, 0.1) is 0 Å². The molecular formula is C12H16ClN3OS3. The number of aliphatic imine (C=N–C) groups is 1. The van der Waals surface area contributed by atoms with Gasteiger partial charge < -0.3 is 5.11 Å². The van der Waals surface area contributed by atoms with Crippen LogP contribution in [0.15, 0.2) is 21.3 Å². The van der Waals surface area contributed by atoms with Crippen LogP contribution in [-0.4, -0.2) is 40.7 Å². The molecule has 2 rings (SSSR count). The molecule has 0 aliphatic rings. The molecule has 0 aliphatic carbocycles. The summed E-state index contributed by atoms with van der Waals surface area (Å²) in [7, 11) is 0.417. The molecule has 0 aliphatic heterocycles. The molecule has 2 aromatic heterocycles. The fourth-order valence-electron chi connectivity index (χ4n) is 1.42. The fourth-order valence-corrected chi connectivity index (χ4v) is 3.50. The number of halogens is 1. The maximum absolute atomic E-state index is 11.8. The van der Waals surface area contributed by atoms with E-state index in [0.29, 0.717) is 23.1 Å². The van der Waals surface area contributed by atoms with Gasteiger partial charge in [-0.1, -0.05) is 0 Å². The standard InChI is InChI=1S/C12H15N3OS3.ClH/c1-19(2)5-3-4-13-11(16)9-7-18-12(15-9)10-6-17-8-14-10;/h6-8H,3-5H2,1-2H3;1H. The third-order valence-corrected chi connectivity index (χ3v) is 4.90. The monoisotopic (exact) mass is 349 g/mol. The highest BCUT2D eigenvalue weighted by Gasteiger charge is 2.06. The van der Waals surface area contributed by atoms with Crippen LogP contribution in [0.3, 0.4) is 0 Å². The van der Waals surface area contributed by atoms with Crippen LogP contribution >= 0.6 is 35.1 Å². The van der Waals surface area contributed by atoms with E-state index < -0.39 is 0 Å². The van der Waals surface area contributed by atoms with E-state index in [4.69, 9.17) is 0 Å². The predicted octanol–water partition coefficient (Wildman–Crippen LogP) is 2.06. The zero-order valence-corrected chi connectivity index (χ0v) is 14.5. The SMILES string of the molecule is C[S+](C)CCCN=C([O-])c1csc(-c2cscn2)n1.Cl. The number of aromatic nitrogens is 2. The normalized spacial score (nSPS) is 11.7. The Balaban J connectivity index is 0.00000200. The molecule has 0 atom stereocenters. The number of rotatable bonds is 6. The Morgan fingerprint density at radius 2 is 2.20 bits per heavy atom. The Morgan fingerprint density at radius 1 is 1.40 bits per heavy atom. The summed E-state index contributed by atoms with van der Waals surface area (Å²) < 4.78 is 0. The number of thiazole rings is 2. The number of hydrogen-bond acceptors (Lipinski definition) is 6. The van der Waals surface area contributed by atoms with E-state index in [1.54, 1.807) is 10.9 Å². The van der Waals surface area contributed by atoms with Gasteiger partial charge in [0.1, 0.15) is 16.5 Å². The average molecular weight is 350 g/mol. The molecule has 0 radical (unpaired) electrons. The Bertz CT molecular complexity index is 540. The van der Waals surface area contributed by atoms with E-state index in [9.17, 15) is 5.11 Å². The van der Waals surface area contributed by atoms with Crippen molar-refractivity contribution < 1.29 is 5.11 Å². The van der Waals surface area contributed by atoms with Gasteiger partial charge in [0.25, 0.3) is 0 Å². The van der Waals surface area contributed by atoms with Gasteiger partial charge in [0.05, 0.1) is 23.7 Å². The van der Waals surface area contributed by atoms with Crippen molar-refractivity contribution in [3.8, 4) is 10.7 Å². The van der Waals surface area contributed by atoms with Crippen molar-refractivity contribution in [2.75, 3.05) is 24.8 Å². The average Bonchev–Trinajstić information content (AvgIpc) is 3.03. The van der Waals surface area contributed by atoms with Crippen LogP contribution in [0.4, 0.5) is 0 Å². The number of nitrogens with zero attached hydrogens (tertiary/aromatic N) is 3. The molecule has 110 valence electrons. The Hall–Kier alpha value is -0.630. The highest BCUT2D eigenvalue weighted by molar-refractivity contribution is 7.95. The minimum Gasteiger partial charge on any atom is -0.857 e. The van der Waals surface area contributed by atoms with E-state index in [1.807, 2.05) is 5.38 Å². The first-order chi connectivity index (χ1) is 9.16. The quantitative estimate of drug-likeness (QED) is 0.347. The molecule has 20 heavy (non-hydrogen) atoms. The second-order valence-electron chi connectivity index (χ2n) is 4.14. The summed E-state index contributed by atoms with van der Waals surface area (Å²) in [6.45, 7) is 0.591. The van der Waals surface area contributed by atoms with E-state index >= 15 is 0 Å². The van der Waals surface area contributed by atoms with E-state index in [2.05, 4.69) is 27.5 Å². The van der Waals surface area contributed by atoms with Gasteiger partial charge in [-0.05, 0) is 10.9 Å². The lowest BCUT2D eigenvalue weighted by atomic mass is 10.4. The molecule has 0 fully saturated rings. The largest absolute Gasteiger partial charge is 0.857 e. The van der Waals surface area contributed by atoms with Crippen LogP contribution in [0.2, 0.25) is 0 Å². The lowest BCUT2D eigenvalue weighted by Gasteiger charge is -2.06. The zero-order valence-electron chi connectivity index (χ0n) is 11.2. The van der Waals surface area contributed by atoms with Crippen LogP contribution in [-0.2, 0) is 10.9 Å². The summed E-state index contributed by atoms with van der Waals surface area (Å²) >= 11 is 2.95. The molecule has 2 aromatic rings. The highest BCUT2D eigenvalue weighted by atomic mass is 35.5. The summed E-state index contributed by atoms with van der Waals surface area (Å²) in [5, 5.41) is 16.3. The van der Waals surface area contributed by atoms with Crippen molar-refractivity contribution in [1.82, 2.24) is 9.97 Å². The predicted molar refractivity (Wildman–Crippen MR) is 90.6 cm³/mol. The highest BCUT2D eigenvalue weighted by Crippen LogP contribution is 2.23. The molecule has 0 spiro atoms. The molecule has 0 N–H and O–H groups in total. The van der Waals surface area contributed by atoms with Gasteiger partial charge in [-0.3, -0.25) is 4.99 Å². The molecule has 0 aromatic carbocycles.